The van der Waals surface area contributed by atoms with Crippen molar-refractivity contribution < 1.29 is 4.79 Å². The van der Waals surface area contributed by atoms with E-state index in [-0.39, 0.29) is 7.43 Å². The normalized spacial score (nSPS) is 22.4. The van der Waals surface area contributed by atoms with Crippen molar-refractivity contribution in [2.75, 3.05) is 198 Å². The first kappa shape index (κ1) is 113. The van der Waals surface area contributed by atoms with Crippen LogP contribution in [0.25, 0.3) is 0 Å². The van der Waals surface area contributed by atoms with Crippen LogP contribution in [0, 0.1) is 118 Å². The van der Waals surface area contributed by atoms with E-state index in [4.69, 9.17) is 0 Å². The van der Waals surface area contributed by atoms with Crippen LogP contribution < -0.4 is 5.32 Å². The first-order valence-corrected chi connectivity index (χ1v) is 50.9. The van der Waals surface area contributed by atoms with Gasteiger partial charge in [0.25, 0.3) is 0 Å². The lowest BCUT2D eigenvalue weighted by atomic mass is 9.81. The fraction of sp³-hybridized carbons (Fsp3) is 0.990. The Hall–Kier alpha value is -0.930. The Morgan fingerprint density at radius 1 is 0.284 bits per heavy atom. The molecule has 3 atom stereocenters. The van der Waals surface area contributed by atoms with Crippen molar-refractivity contribution in [2.45, 2.75) is 354 Å². The number of hydrogen-bond donors (Lipinski definition) is 1. The molecule has 0 aromatic carbocycles. The molecule has 9 heterocycles. The van der Waals surface area contributed by atoms with Crippen LogP contribution in [0.4, 0.5) is 0 Å². The number of piperazine rings is 2. The van der Waals surface area contributed by atoms with E-state index in [1.54, 1.807) is 0 Å². The van der Waals surface area contributed by atoms with Crippen molar-refractivity contribution in [1.82, 2.24) is 54.3 Å². The second-order valence-corrected chi connectivity index (χ2v) is 43.5. The molecule has 1 saturated carbocycles. The maximum atomic E-state index is 11.8. The zero-order valence-electron chi connectivity index (χ0n) is 83.8. The Morgan fingerprint density at radius 3 is 0.819 bits per heavy atom. The summed E-state index contributed by atoms with van der Waals surface area (Å²) in [6, 6.07) is 0.750. The average molecular weight is 1640 g/mol. The predicted octanol–water partition coefficient (Wildman–Crippen LogP) is 23.6. The van der Waals surface area contributed by atoms with Gasteiger partial charge in [0.05, 0.1) is 0 Å². The summed E-state index contributed by atoms with van der Waals surface area (Å²) in [6.45, 7) is 91.2. The molecule has 1 aliphatic carbocycles. The molecule has 10 fully saturated rings. The zero-order valence-corrected chi connectivity index (χ0v) is 83.8. The van der Waals surface area contributed by atoms with Gasteiger partial charge in [-0.15, -0.1) is 0 Å². The topological polar surface area (TPSA) is 61.5 Å². The van der Waals surface area contributed by atoms with Crippen molar-refractivity contribution in [3.05, 3.63) is 0 Å². The summed E-state index contributed by atoms with van der Waals surface area (Å²) >= 11 is 0. The summed E-state index contributed by atoms with van der Waals surface area (Å²) in [5.41, 5.74) is 0. The third-order valence-electron chi connectivity index (χ3n) is 28.7. The average Bonchev–Trinajstić information content (AvgIpc) is 1.71. The van der Waals surface area contributed by atoms with Gasteiger partial charge in [0, 0.05) is 90.5 Å². The second-order valence-electron chi connectivity index (χ2n) is 43.5. The summed E-state index contributed by atoms with van der Waals surface area (Å²) in [5, 5.41) is 3.39. The van der Waals surface area contributed by atoms with E-state index in [0.29, 0.717) is 11.8 Å². The number of hydrogen-bond acceptors (Lipinski definition) is 11. The van der Waals surface area contributed by atoms with Gasteiger partial charge in [-0.3, -0.25) is 4.79 Å². The molecule has 694 valence electrons. The number of carbonyl (C=O) groups is 1. The van der Waals surface area contributed by atoms with Crippen LogP contribution in [0.1, 0.15) is 347 Å². The fourth-order valence-corrected chi connectivity index (χ4v) is 20.2. The number of nitrogens with zero attached hydrogens (tertiary/aromatic N) is 10. The summed E-state index contributed by atoms with van der Waals surface area (Å²) in [4.78, 5) is 36.6. The van der Waals surface area contributed by atoms with Gasteiger partial charge in [-0.1, -0.05) is 186 Å². The van der Waals surface area contributed by atoms with Crippen LogP contribution in [0.5, 0.6) is 0 Å². The highest BCUT2D eigenvalue weighted by Crippen LogP contribution is 2.35. The Balaban J connectivity index is 0.000000654. The second kappa shape index (κ2) is 66.5. The molecule has 0 spiro atoms. The van der Waals surface area contributed by atoms with Gasteiger partial charge < -0.3 is 54.3 Å². The number of nitrogens with one attached hydrogen (secondary N) is 1. The minimum atomic E-state index is 0. The molecule has 0 radical (unpaired) electrons. The number of amides is 1. The lowest BCUT2D eigenvalue weighted by Gasteiger charge is -2.35. The van der Waals surface area contributed by atoms with Crippen molar-refractivity contribution >= 4 is 5.91 Å². The summed E-state index contributed by atoms with van der Waals surface area (Å²) in [6.07, 6.45) is 36.0. The monoisotopic (exact) mass is 1640 g/mol. The zero-order chi connectivity index (χ0) is 86.0. The lowest BCUT2D eigenvalue weighted by Crippen LogP contribution is -2.46. The number of rotatable bonds is 28. The molecule has 12 heteroatoms. The first-order valence-electron chi connectivity index (χ1n) is 50.9. The molecule has 10 aliphatic rings. The highest BCUT2D eigenvalue weighted by Gasteiger charge is 2.35. The molecule has 10 rings (SSSR count). The molecule has 1 amide bonds. The van der Waals surface area contributed by atoms with Crippen molar-refractivity contribution in [1.29, 1.82) is 0 Å². The van der Waals surface area contributed by atoms with Gasteiger partial charge in [0.15, 0.2) is 0 Å². The van der Waals surface area contributed by atoms with Crippen LogP contribution in [0.2, 0.25) is 0 Å². The minimum Gasteiger partial charge on any atom is -0.342 e. The maximum absolute atomic E-state index is 11.8. The van der Waals surface area contributed by atoms with Crippen molar-refractivity contribution in [3.8, 4) is 0 Å². The molecule has 9 saturated heterocycles. The number of likely N-dealkylation sites (tertiary alicyclic amines) is 6. The van der Waals surface area contributed by atoms with Crippen LogP contribution >= 0.6 is 0 Å². The van der Waals surface area contributed by atoms with E-state index in [1.165, 1.54) is 311 Å². The molecular weight excluding hydrogens is 1420 g/mol. The van der Waals surface area contributed by atoms with E-state index < -0.39 is 0 Å². The fourth-order valence-electron chi connectivity index (χ4n) is 20.2. The minimum absolute atomic E-state index is 0. The van der Waals surface area contributed by atoms with Crippen LogP contribution in [-0.2, 0) is 4.79 Å². The molecule has 12 nitrogen and oxygen atoms in total. The van der Waals surface area contributed by atoms with E-state index in [2.05, 4.69) is 256 Å². The van der Waals surface area contributed by atoms with Gasteiger partial charge >= 0.3 is 0 Å². The number of carbonyl (C=O) groups excluding carboxylic acids is 1. The molecule has 0 bridgehead atoms. The number of piperidine rings is 7. The molecular formula is C104H217N11O. The highest BCUT2D eigenvalue weighted by molar-refractivity contribution is 5.81. The van der Waals surface area contributed by atoms with E-state index in [9.17, 15) is 4.79 Å². The molecule has 3 unspecified atom stereocenters. The Morgan fingerprint density at radius 2 is 0.552 bits per heavy atom. The van der Waals surface area contributed by atoms with Crippen molar-refractivity contribution in [3.63, 3.8) is 0 Å². The Labute approximate surface area is 731 Å². The molecule has 0 aromatic heterocycles. The van der Waals surface area contributed by atoms with Crippen LogP contribution in [-0.4, -0.2) is 259 Å². The lowest BCUT2D eigenvalue weighted by molar-refractivity contribution is -0.134. The summed E-state index contributed by atoms with van der Waals surface area (Å²) in [7, 11) is 8.89. The SMILES string of the molecule is C.CC(C)CC1CCN(C(=O)C2CC2)CC1.CC(C)CC1CCN(C(C)C)CC1.CC(C)CC1CCN(C)CC1.CC(C)CC1CCNCC1.CC(C)CN1CCN(C)CC1.CCC(CC1CCN(C)CC1)C(C)C.CCC(CC1CCN(CC)CC1)C(C)C.CCC(CN1CCN(C)CC1)C(C)C.CCN1CCC(CC(C)C)CC1. The molecule has 1 N–H and O–H groups in total. The highest BCUT2D eigenvalue weighted by atomic mass is 16.2. The van der Waals surface area contributed by atoms with Crippen molar-refractivity contribution in [2.24, 2.45) is 118 Å². The summed E-state index contributed by atoms with van der Waals surface area (Å²) in [5.74, 6) is 18.4. The molecule has 9 aliphatic heterocycles. The smallest absolute Gasteiger partial charge is 0.225 e. The van der Waals surface area contributed by atoms with Gasteiger partial charge in [-0.25, -0.2) is 0 Å². The van der Waals surface area contributed by atoms with E-state index in [1.807, 2.05) is 0 Å². The van der Waals surface area contributed by atoms with E-state index >= 15 is 0 Å². The standard InChI is InChI=1S/C14H29N.C13H23NO.C13H27N.C12H26N2.C12H25N.C11H23N.C10H21N.C9H20N2.C9H19N.CH4/c1-5-14(12(3)4)11-13-7-9-15(6-2)10-8-13;1-10(2)9-11-5-7-14(8-6-11)13(15)12-3-4-12;1-5-13(11(2)3)10-12-6-8-14(4)9-7-12;1-5-12(11(2)3)10-14-8-6-13(4)7-9-14;1-10(2)9-12-5-7-13(8-6-12)11(3)4;1-4-12-7-5-11(6-8-12)9-10(2)3;1-9(2)8-10-4-6-11(3)7-5-10;1-9(2)8-11-6-4-10(3)5-7-11;1-8(2)7-9-3-5-10-6-4-9;/h12-14H,5-11H2,1-4H3;10-12H,3-9H2,1-2H3;11-13H,5-10H2,1-4H3;11-12H,5-10H2,1-4H3;10-12H,5-9H2,1-4H3;10-11H,4-9H2,1-3H3;9-10H,4-8H2,1-3H3;9H,4-8H2,1-3H3;8-10H,3-7H2,1-2H3;1H4. The van der Waals surface area contributed by atoms with Gasteiger partial charge in [0.2, 0.25) is 5.91 Å². The van der Waals surface area contributed by atoms with Gasteiger partial charge in [-0.2, -0.15) is 0 Å². The van der Waals surface area contributed by atoms with Gasteiger partial charge in [-0.05, 0) is 394 Å². The third kappa shape index (κ3) is 55.4. The van der Waals surface area contributed by atoms with Crippen LogP contribution in [0.3, 0.4) is 0 Å². The number of likely N-dealkylation sites (N-methyl/N-ethyl adjacent to an activating group) is 2. The Kier molecular flexibility index (Phi) is 64.8. The van der Waals surface area contributed by atoms with E-state index in [0.717, 1.165) is 144 Å². The quantitative estimate of drug-likeness (QED) is 0.0815. The molecule has 116 heavy (non-hydrogen) atoms. The maximum Gasteiger partial charge on any atom is 0.225 e. The largest absolute Gasteiger partial charge is 0.342 e. The summed E-state index contributed by atoms with van der Waals surface area (Å²) < 4.78 is 0. The third-order valence-corrected chi connectivity index (χ3v) is 28.7. The molecule has 0 aromatic rings. The first-order chi connectivity index (χ1) is 54.6. The Bertz CT molecular complexity index is 2100. The predicted molar refractivity (Wildman–Crippen MR) is 519 cm³/mol. The van der Waals surface area contributed by atoms with Crippen LogP contribution in [0.15, 0.2) is 0 Å². The van der Waals surface area contributed by atoms with Gasteiger partial charge in [0.1, 0.15) is 0 Å².